The summed E-state index contributed by atoms with van der Waals surface area (Å²) in [6.07, 6.45) is 2.89. The topological polar surface area (TPSA) is 80.3 Å². The maximum atomic E-state index is 13.5. The first-order chi connectivity index (χ1) is 15.2. The molecular weight excluding hydrogens is 402 g/mol. The van der Waals surface area contributed by atoms with Crippen LogP contribution in [-0.4, -0.2) is 23.8 Å². The first-order valence-corrected chi connectivity index (χ1v) is 10.8. The standard InChI is InChI=1S/C26H29N3O3/c1-15-10-11-21(27-14-15)29-25(31)22-16(2)28-18-12-26(3,4)13-19(30)24(18)23(22)17-8-6-7-9-20(17)32-5/h6-11,14,23,28H,12-13H2,1-5H3,(H,27,29,31)/t23-/m1/s1. The summed E-state index contributed by atoms with van der Waals surface area (Å²) in [7, 11) is 1.60. The fraction of sp³-hybridized carbons (Fsp3) is 0.346. The highest BCUT2D eigenvalue weighted by molar-refractivity contribution is 6.09. The van der Waals surface area contributed by atoms with E-state index in [1.807, 2.05) is 44.2 Å². The van der Waals surface area contributed by atoms with Crippen molar-refractivity contribution in [1.82, 2.24) is 10.3 Å². The summed E-state index contributed by atoms with van der Waals surface area (Å²) in [6.45, 7) is 8.02. The molecule has 32 heavy (non-hydrogen) atoms. The fourth-order valence-electron chi connectivity index (χ4n) is 4.68. The molecule has 2 N–H and O–H groups in total. The Labute approximate surface area is 188 Å². The lowest BCUT2D eigenvalue weighted by Gasteiger charge is -2.39. The molecule has 1 amide bonds. The van der Waals surface area contributed by atoms with Gasteiger partial charge < -0.3 is 15.4 Å². The van der Waals surface area contributed by atoms with Crippen LogP contribution in [0.15, 0.2) is 65.1 Å². The van der Waals surface area contributed by atoms with Gasteiger partial charge in [0.25, 0.3) is 5.91 Å². The molecule has 0 spiro atoms. The number of aromatic nitrogens is 1. The van der Waals surface area contributed by atoms with Crippen molar-refractivity contribution in [1.29, 1.82) is 0 Å². The number of pyridine rings is 1. The van der Waals surface area contributed by atoms with Crippen molar-refractivity contribution >= 4 is 17.5 Å². The van der Waals surface area contributed by atoms with Gasteiger partial charge in [-0.2, -0.15) is 0 Å². The summed E-state index contributed by atoms with van der Waals surface area (Å²) in [5.74, 6) is 0.375. The molecule has 0 bridgehead atoms. The molecule has 1 aliphatic heterocycles. The van der Waals surface area contributed by atoms with E-state index in [-0.39, 0.29) is 17.1 Å². The summed E-state index contributed by atoms with van der Waals surface area (Å²) in [4.78, 5) is 31.2. The number of rotatable bonds is 4. The van der Waals surface area contributed by atoms with E-state index in [4.69, 9.17) is 4.74 Å². The van der Waals surface area contributed by atoms with E-state index in [1.165, 1.54) is 0 Å². The number of allylic oxidation sites excluding steroid dienone is 3. The van der Waals surface area contributed by atoms with Crippen LogP contribution in [0.2, 0.25) is 0 Å². The van der Waals surface area contributed by atoms with E-state index in [1.54, 1.807) is 19.4 Å². The maximum Gasteiger partial charge on any atom is 0.255 e. The van der Waals surface area contributed by atoms with Gasteiger partial charge in [0.15, 0.2) is 5.78 Å². The number of ether oxygens (including phenoxy) is 1. The van der Waals surface area contributed by atoms with Gasteiger partial charge >= 0.3 is 0 Å². The second kappa shape index (κ2) is 8.26. The third-order valence-electron chi connectivity index (χ3n) is 6.09. The van der Waals surface area contributed by atoms with Gasteiger partial charge in [-0.25, -0.2) is 4.98 Å². The molecule has 4 rings (SSSR count). The van der Waals surface area contributed by atoms with Gasteiger partial charge in [0.05, 0.1) is 13.0 Å². The Bertz CT molecular complexity index is 1140. The van der Waals surface area contributed by atoms with E-state index in [0.717, 1.165) is 28.9 Å². The largest absolute Gasteiger partial charge is 0.496 e. The molecule has 1 aliphatic carbocycles. The number of ketones is 1. The summed E-state index contributed by atoms with van der Waals surface area (Å²) < 4.78 is 5.63. The molecule has 6 heteroatoms. The molecule has 0 saturated heterocycles. The predicted octanol–water partition coefficient (Wildman–Crippen LogP) is 4.64. The summed E-state index contributed by atoms with van der Waals surface area (Å²) in [6, 6.07) is 11.3. The third kappa shape index (κ3) is 4.05. The zero-order chi connectivity index (χ0) is 23.0. The number of Topliss-reactive ketones (excluding diaryl/α,β-unsaturated/α-hetero) is 1. The van der Waals surface area contributed by atoms with Crippen molar-refractivity contribution in [3.05, 3.63) is 76.3 Å². The smallest absolute Gasteiger partial charge is 0.255 e. The van der Waals surface area contributed by atoms with Crippen LogP contribution in [0.3, 0.4) is 0 Å². The Kier molecular flexibility index (Phi) is 5.63. The molecule has 0 unspecified atom stereocenters. The summed E-state index contributed by atoms with van der Waals surface area (Å²) in [5.41, 5.74) is 4.46. The minimum absolute atomic E-state index is 0.0610. The first-order valence-electron chi connectivity index (χ1n) is 10.8. The van der Waals surface area contributed by atoms with Crippen LogP contribution in [0.1, 0.15) is 50.7 Å². The average Bonchev–Trinajstić information content (AvgIpc) is 2.73. The minimum Gasteiger partial charge on any atom is -0.496 e. The molecule has 2 aliphatic rings. The normalized spacial score (nSPS) is 19.9. The number of benzene rings is 1. The van der Waals surface area contributed by atoms with E-state index in [0.29, 0.717) is 29.1 Å². The molecule has 1 atom stereocenters. The number of carbonyl (C=O) groups excluding carboxylic acids is 2. The van der Waals surface area contributed by atoms with Crippen LogP contribution >= 0.6 is 0 Å². The summed E-state index contributed by atoms with van der Waals surface area (Å²) in [5, 5.41) is 6.29. The average molecular weight is 432 g/mol. The van der Waals surface area contributed by atoms with Crippen LogP contribution < -0.4 is 15.4 Å². The lowest BCUT2D eigenvalue weighted by Crippen LogP contribution is -2.39. The van der Waals surface area contributed by atoms with Gasteiger partial charge in [-0.05, 0) is 43.4 Å². The van der Waals surface area contributed by atoms with Gasteiger partial charge in [-0.15, -0.1) is 0 Å². The van der Waals surface area contributed by atoms with E-state index in [2.05, 4.69) is 29.5 Å². The lowest BCUT2D eigenvalue weighted by molar-refractivity contribution is -0.118. The van der Waals surface area contributed by atoms with Crippen LogP contribution in [0.25, 0.3) is 0 Å². The second-order valence-corrected chi connectivity index (χ2v) is 9.35. The van der Waals surface area contributed by atoms with Crippen molar-refractivity contribution < 1.29 is 14.3 Å². The Morgan fingerprint density at radius 1 is 1.16 bits per heavy atom. The Balaban J connectivity index is 1.83. The van der Waals surface area contributed by atoms with Crippen molar-refractivity contribution in [2.75, 3.05) is 12.4 Å². The van der Waals surface area contributed by atoms with Crippen molar-refractivity contribution in [2.45, 2.75) is 46.5 Å². The van der Waals surface area contributed by atoms with Gasteiger partial charge in [0.1, 0.15) is 11.6 Å². The van der Waals surface area contributed by atoms with Gasteiger partial charge in [-0.3, -0.25) is 9.59 Å². The number of nitrogens with zero attached hydrogens (tertiary/aromatic N) is 1. The van der Waals surface area contributed by atoms with Gasteiger partial charge in [0.2, 0.25) is 0 Å². The summed E-state index contributed by atoms with van der Waals surface area (Å²) >= 11 is 0. The van der Waals surface area contributed by atoms with E-state index < -0.39 is 5.92 Å². The van der Waals surface area contributed by atoms with Crippen molar-refractivity contribution in [3.63, 3.8) is 0 Å². The molecule has 6 nitrogen and oxygen atoms in total. The quantitative estimate of drug-likeness (QED) is 0.737. The first kappa shape index (κ1) is 21.8. The molecule has 2 aromatic rings. The molecular formula is C26H29N3O3. The minimum atomic E-state index is -0.517. The number of hydrogen-bond acceptors (Lipinski definition) is 5. The molecule has 166 valence electrons. The van der Waals surface area contributed by atoms with Crippen LogP contribution in [-0.2, 0) is 9.59 Å². The van der Waals surface area contributed by atoms with E-state index in [9.17, 15) is 9.59 Å². The van der Waals surface area contributed by atoms with Crippen molar-refractivity contribution in [2.24, 2.45) is 5.41 Å². The van der Waals surface area contributed by atoms with E-state index >= 15 is 0 Å². The molecule has 1 aromatic carbocycles. The molecule has 0 saturated carbocycles. The zero-order valence-corrected chi connectivity index (χ0v) is 19.2. The number of methoxy groups -OCH3 is 1. The zero-order valence-electron chi connectivity index (χ0n) is 19.2. The molecule has 0 fully saturated rings. The highest BCUT2D eigenvalue weighted by atomic mass is 16.5. The van der Waals surface area contributed by atoms with Gasteiger partial charge in [-0.1, -0.05) is 38.1 Å². The number of aryl methyl sites for hydroxylation is 1. The predicted molar refractivity (Wildman–Crippen MR) is 124 cm³/mol. The monoisotopic (exact) mass is 431 g/mol. The van der Waals surface area contributed by atoms with Crippen molar-refractivity contribution in [3.8, 4) is 5.75 Å². The van der Waals surface area contributed by atoms with Crippen LogP contribution in [0.4, 0.5) is 5.82 Å². The fourth-order valence-corrected chi connectivity index (χ4v) is 4.68. The number of carbonyl (C=O) groups is 2. The molecule has 2 heterocycles. The van der Waals surface area contributed by atoms with Crippen LogP contribution in [0.5, 0.6) is 5.75 Å². The number of anilines is 1. The SMILES string of the molecule is COc1ccccc1[C@@H]1C(C(=O)Nc2ccc(C)cn2)=C(C)NC2=C1C(=O)CC(C)(C)C2. The highest BCUT2D eigenvalue weighted by Crippen LogP contribution is 2.48. The Hall–Kier alpha value is -3.41. The number of nitrogens with one attached hydrogen (secondary N) is 2. The second-order valence-electron chi connectivity index (χ2n) is 9.35. The number of para-hydroxylation sites is 1. The number of amides is 1. The number of hydrogen-bond donors (Lipinski definition) is 2. The maximum absolute atomic E-state index is 13.5. The Morgan fingerprint density at radius 2 is 1.91 bits per heavy atom. The van der Waals surface area contributed by atoms with Gasteiger partial charge in [0, 0.05) is 40.7 Å². The lowest BCUT2D eigenvalue weighted by atomic mass is 9.68. The molecule has 1 aromatic heterocycles. The third-order valence-corrected chi connectivity index (χ3v) is 6.09. The molecule has 0 radical (unpaired) electrons. The number of dihydropyridines is 1. The highest BCUT2D eigenvalue weighted by Gasteiger charge is 2.43. The Morgan fingerprint density at radius 3 is 2.59 bits per heavy atom. The van der Waals surface area contributed by atoms with Crippen LogP contribution in [0, 0.1) is 12.3 Å².